The predicted octanol–water partition coefficient (Wildman–Crippen LogP) is 1.49. The van der Waals surface area contributed by atoms with Gasteiger partial charge in [-0.1, -0.05) is 0 Å². The third kappa shape index (κ3) is 3.22. The van der Waals surface area contributed by atoms with Gasteiger partial charge in [0, 0.05) is 50.2 Å². The number of fused-ring (bicyclic) bond motifs is 1. The molecule has 126 valence electrons. The van der Waals surface area contributed by atoms with Gasteiger partial charge in [-0.15, -0.1) is 11.3 Å². The first-order valence-corrected chi connectivity index (χ1v) is 9.48. The molecule has 2 aliphatic heterocycles. The van der Waals surface area contributed by atoms with Crippen molar-refractivity contribution < 1.29 is 4.79 Å². The molecule has 2 amide bonds. The minimum atomic E-state index is 0.0153. The molecule has 3 aliphatic rings. The highest BCUT2D eigenvalue weighted by Gasteiger charge is 2.36. The van der Waals surface area contributed by atoms with Crippen molar-refractivity contribution in [2.45, 2.75) is 31.7 Å². The molecule has 0 spiro atoms. The fourth-order valence-corrected chi connectivity index (χ4v) is 4.65. The molecule has 0 atom stereocenters. The van der Waals surface area contributed by atoms with Gasteiger partial charge in [-0.25, -0.2) is 9.78 Å². The standard InChI is InChI=1S/C16H25N5OS/c1-19-6-8-20(9-7-19)12-10-21(11-12)16(22)18-15-17-13-4-2-3-5-14(13)23-15/h12H,2-11H2,1H3,(H,17,18,22). The smallest absolute Gasteiger partial charge is 0.321 e. The lowest BCUT2D eigenvalue weighted by atomic mass is 10.0. The number of likely N-dealkylation sites (N-methyl/N-ethyl adjacent to an activating group) is 1. The lowest BCUT2D eigenvalue weighted by Gasteiger charge is -2.47. The van der Waals surface area contributed by atoms with E-state index in [-0.39, 0.29) is 6.03 Å². The number of carbonyl (C=O) groups is 1. The van der Waals surface area contributed by atoms with Gasteiger partial charge in [0.15, 0.2) is 5.13 Å². The van der Waals surface area contributed by atoms with E-state index in [1.54, 1.807) is 11.3 Å². The molecule has 1 aromatic rings. The maximum atomic E-state index is 12.3. The minimum absolute atomic E-state index is 0.0153. The first-order valence-electron chi connectivity index (χ1n) is 8.66. The number of carbonyl (C=O) groups excluding carboxylic acids is 1. The fourth-order valence-electron chi connectivity index (χ4n) is 3.62. The number of amides is 2. The molecule has 4 rings (SSSR count). The first-order chi connectivity index (χ1) is 11.2. The molecule has 1 aliphatic carbocycles. The lowest BCUT2D eigenvalue weighted by Crippen LogP contribution is -2.64. The lowest BCUT2D eigenvalue weighted by molar-refractivity contribution is 0.0318. The Kier molecular flexibility index (Phi) is 4.26. The van der Waals surface area contributed by atoms with Crippen molar-refractivity contribution in [2.24, 2.45) is 0 Å². The van der Waals surface area contributed by atoms with Crippen LogP contribution in [0.2, 0.25) is 0 Å². The molecule has 7 heteroatoms. The quantitative estimate of drug-likeness (QED) is 0.890. The van der Waals surface area contributed by atoms with E-state index in [1.165, 1.54) is 23.4 Å². The van der Waals surface area contributed by atoms with E-state index in [9.17, 15) is 4.79 Å². The van der Waals surface area contributed by atoms with Crippen LogP contribution >= 0.6 is 11.3 Å². The molecule has 3 heterocycles. The number of urea groups is 1. The van der Waals surface area contributed by atoms with Gasteiger partial charge in [-0.3, -0.25) is 10.2 Å². The maximum absolute atomic E-state index is 12.3. The Morgan fingerprint density at radius 3 is 2.65 bits per heavy atom. The summed E-state index contributed by atoms with van der Waals surface area (Å²) < 4.78 is 0. The Hall–Kier alpha value is -1.18. The number of rotatable bonds is 2. The van der Waals surface area contributed by atoms with E-state index >= 15 is 0 Å². The summed E-state index contributed by atoms with van der Waals surface area (Å²) in [6, 6.07) is 0.556. The van der Waals surface area contributed by atoms with E-state index in [0.717, 1.165) is 57.2 Å². The third-order valence-corrected chi connectivity index (χ3v) is 6.34. The summed E-state index contributed by atoms with van der Waals surface area (Å²) in [6.45, 7) is 6.20. The topological polar surface area (TPSA) is 51.7 Å². The van der Waals surface area contributed by atoms with Crippen molar-refractivity contribution in [1.82, 2.24) is 19.7 Å². The second-order valence-electron chi connectivity index (χ2n) is 6.92. The van der Waals surface area contributed by atoms with E-state index < -0.39 is 0 Å². The number of hydrogen-bond donors (Lipinski definition) is 1. The van der Waals surface area contributed by atoms with Crippen LogP contribution < -0.4 is 5.32 Å². The number of aromatic nitrogens is 1. The first kappa shape index (κ1) is 15.4. The number of thiazole rings is 1. The van der Waals surface area contributed by atoms with Crippen LogP contribution in [0.25, 0.3) is 0 Å². The van der Waals surface area contributed by atoms with Crippen LogP contribution in [0, 0.1) is 0 Å². The average molecular weight is 335 g/mol. The average Bonchev–Trinajstić information content (AvgIpc) is 2.89. The Balaban J connectivity index is 1.27. The van der Waals surface area contributed by atoms with Crippen LogP contribution in [-0.4, -0.2) is 78.1 Å². The largest absolute Gasteiger partial charge is 0.323 e. The minimum Gasteiger partial charge on any atom is -0.321 e. The maximum Gasteiger partial charge on any atom is 0.323 e. The van der Waals surface area contributed by atoms with Crippen molar-refractivity contribution in [3.05, 3.63) is 10.6 Å². The predicted molar refractivity (Wildman–Crippen MR) is 92.2 cm³/mol. The van der Waals surface area contributed by atoms with Crippen LogP contribution in [0.15, 0.2) is 0 Å². The number of nitrogens with zero attached hydrogens (tertiary/aromatic N) is 4. The summed E-state index contributed by atoms with van der Waals surface area (Å²) in [5, 5.41) is 3.78. The number of likely N-dealkylation sites (tertiary alicyclic amines) is 1. The Bertz CT molecular complexity index is 552. The second-order valence-corrected chi connectivity index (χ2v) is 8.01. The number of anilines is 1. The summed E-state index contributed by atoms with van der Waals surface area (Å²) in [6.07, 6.45) is 4.67. The Morgan fingerprint density at radius 2 is 1.91 bits per heavy atom. The molecule has 0 radical (unpaired) electrons. The van der Waals surface area contributed by atoms with Crippen LogP contribution in [0.1, 0.15) is 23.4 Å². The normalized spacial score (nSPS) is 23.4. The highest BCUT2D eigenvalue weighted by atomic mass is 32.1. The van der Waals surface area contributed by atoms with E-state index in [4.69, 9.17) is 0 Å². The zero-order chi connectivity index (χ0) is 15.8. The molecule has 0 aromatic carbocycles. The SMILES string of the molecule is CN1CCN(C2CN(C(=O)Nc3nc4c(s3)CCCC4)C2)CC1. The summed E-state index contributed by atoms with van der Waals surface area (Å²) in [5.74, 6) is 0. The van der Waals surface area contributed by atoms with Gasteiger partial charge in [-0.05, 0) is 32.7 Å². The highest BCUT2D eigenvalue weighted by Crippen LogP contribution is 2.30. The van der Waals surface area contributed by atoms with Crippen molar-refractivity contribution in [3.8, 4) is 0 Å². The molecular formula is C16H25N5OS. The van der Waals surface area contributed by atoms with Crippen molar-refractivity contribution >= 4 is 22.5 Å². The van der Waals surface area contributed by atoms with E-state index in [1.807, 2.05) is 4.90 Å². The zero-order valence-electron chi connectivity index (χ0n) is 13.8. The van der Waals surface area contributed by atoms with Crippen molar-refractivity contribution in [2.75, 3.05) is 51.6 Å². The fraction of sp³-hybridized carbons (Fsp3) is 0.750. The molecule has 6 nitrogen and oxygen atoms in total. The molecule has 2 saturated heterocycles. The van der Waals surface area contributed by atoms with Crippen molar-refractivity contribution in [3.63, 3.8) is 0 Å². The van der Waals surface area contributed by atoms with Crippen LogP contribution in [-0.2, 0) is 12.8 Å². The monoisotopic (exact) mass is 335 g/mol. The van der Waals surface area contributed by atoms with Gasteiger partial charge in [0.05, 0.1) is 5.69 Å². The molecule has 1 N–H and O–H groups in total. The summed E-state index contributed by atoms with van der Waals surface area (Å²) in [7, 11) is 2.17. The Labute approximate surface area is 141 Å². The molecule has 0 unspecified atom stereocenters. The van der Waals surface area contributed by atoms with Gasteiger partial charge in [0.25, 0.3) is 0 Å². The molecule has 0 bridgehead atoms. The number of nitrogens with one attached hydrogen (secondary N) is 1. The highest BCUT2D eigenvalue weighted by molar-refractivity contribution is 7.15. The van der Waals surface area contributed by atoms with Crippen LogP contribution in [0.3, 0.4) is 0 Å². The third-order valence-electron chi connectivity index (χ3n) is 5.26. The summed E-state index contributed by atoms with van der Waals surface area (Å²) >= 11 is 1.66. The van der Waals surface area contributed by atoms with Gasteiger partial charge in [0.2, 0.25) is 0 Å². The van der Waals surface area contributed by atoms with Gasteiger partial charge in [-0.2, -0.15) is 0 Å². The molecular weight excluding hydrogens is 310 g/mol. The van der Waals surface area contributed by atoms with Crippen LogP contribution in [0.4, 0.5) is 9.93 Å². The number of piperazine rings is 1. The number of hydrogen-bond acceptors (Lipinski definition) is 5. The molecule has 0 saturated carbocycles. The van der Waals surface area contributed by atoms with Gasteiger partial charge >= 0.3 is 6.03 Å². The second kappa shape index (κ2) is 6.37. The summed E-state index contributed by atoms with van der Waals surface area (Å²) in [4.78, 5) is 25.1. The van der Waals surface area contributed by atoms with Gasteiger partial charge < -0.3 is 9.80 Å². The zero-order valence-corrected chi connectivity index (χ0v) is 14.6. The van der Waals surface area contributed by atoms with Crippen LogP contribution in [0.5, 0.6) is 0 Å². The molecule has 2 fully saturated rings. The van der Waals surface area contributed by atoms with E-state index in [2.05, 4.69) is 27.1 Å². The molecule has 1 aromatic heterocycles. The van der Waals surface area contributed by atoms with Gasteiger partial charge in [0.1, 0.15) is 0 Å². The Morgan fingerprint density at radius 1 is 1.17 bits per heavy atom. The van der Waals surface area contributed by atoms with Crippen molar-refractivity contribution in [1.29, 1.82) is 0 Å². The summed E-state index contributed by atoms with van der Waals surface area (Å²) in [5.41, 5.74) is 1.20. The van der Waals surface area contributed by atoms with E-state index in [0.29, 0.717) is 6.04 Å². The molecule has 23 heavy (non-hydrogen) atoms. The number of aryl methyl sites for hydroxylation is 2.